The van der Waals surface area contributed by atoms with E-state index in [1.54, 1.807) is 27.2 Å². The molecule has 0 fully saturated rings. The fourth-order valence-electron chi connectivity index (χ4n) is 4.28. The zero-order chi connectivity index (χ0) is 25.7. The van der Waals surface area contributed by atoms with Crippen LogP contribution < -0.4 is 14.8 Å². The number of fused-ring (bicyclic) bond motifs is 1. The summed E-state index contributed by atoms with van der Waals surface area (Å²) in [5.74, 6) is 0.446. The third-order valence-corrected chi connectivity index (χ3v) is 6.77. The van der Waals surface area contributed by atoms with Crippen LogP contribution in [0.15, 0.2) is 75.9 Å². The summed E-state index contributed by atoms with van der Waals surface area (Å²) < 4.78 is 17.0. The summed E-state index contributed by atoms with van der Waals surface area (Å²) in [6.45, 7) is 4.33. The molecule has 1 atom stereocenters. The smallest absolute Gasteiger partial charge is 0.338 e. The molecule has 4 rings (SSSR count). The maximum atomic E-state index is 13.6. The number of para-hydroxylation sites is 1. The van der Waals surface area contributed by atoms with E-state index >= 15 is 0 Å². The topological polar surface area (TPSA) is 89.5 Å². The Morgan fingerprint density at radius 1 is 1.08 bits per heavy atom. The summed E-state index contributed by atoms with van der Waals surface area (Å²) in [6.07, 6.45) is 0.147. The summed E-state index contributed by atoms with van der Waals surface area (Å²) in [5, 5.41) is 5.42. The van der Waals surface area contributed by atoms with E-state index in [0.29, 0.717) is 40.0 Å². The first-order valence-corrected chi connectivity index (χ1v) is 12.5. The van der Waals surface area contributed by atoms with Gasteiger partial charge in [0.15, 0.2) is 16.7 Å². The van der Waals surface area contributed by atoms with Crippen molar-refractivity contribution < 1.29 is 23.8 Å². The number of aliphatic imine (C=N–C) groups is 1. The molecule has 8 nitrogen and oxygen atoms in total. The number of hydrogen-bond acceptors (Lipinski definition) is 8. The maximum absolute atomic E-state index is 13.6. The van der Waals surface area contributed by atoms with Gasteiger partial charge in [-0.25, -0.2) is 9.79 Å². The van der Waals surface area contributed by atoms with Gasteiger partial charge in [0.1, 0.15) is 6.61 Å². The molecule has 0 saturated heterocycles. The highest BCUT2D eigenvalue weighted by molar-refractivity contribution is 8.16. The Labute approximate surface area is 215 Å². The molecule has 1 unspecified atom stereocenters. The van der Waals surface area contributed by atoms with E-state index in [-0.39, 0.29) is 18.9 Å². The van der Waals surface area contributed by atoms with Crippen LogP contribution >= 0.6 is 11.8 Å². The zero-order valence-electron chi connectivity index (χ0n) is 20.7. The van der Waals surface area contributed by atoms with E-state index in [1.165, 1.54) is 11.8 Å². The average molecular weight is 508 g/mol. The summed E-state index contributed by atoms with van der Waals surface area (Å²) in [4.78, 5) is 32.7. The van der Waals surface area contributed by atoms with Crippen LogP contribution in [-0.2, 0) is 20.9 Å². The van der Waals surface area contributed by atoms with Crippen LogP contribution in [-0.4, -0.2) is 42.7 Å². The fraction of sp³-hybridized carbons (Fsp3) is 0.296. The number of ether oxygens (including phenoxy) is 3. The van der Waals surface area contributed by atoms with E-state index < -0.39 is 12.0 Å². The van der Waals surface area contributed by atoms with Crippen molar-refractivity contribution in [1.82, 2.24) is 10.2 Å². The second kappa shape index (κ2) is 11.3. The molecule has 2 aliphatic rings. The Kier molecular flexibility index (Phi) is 8.00. The molecule has 0 saturated carbocycles. The Hall–Kier alpha value is -3.72. The van der Waals surface area contributed by atoms with Gasteiger partial charge in [-0.15, -0.1) is 0 Å². The van der Waals surface area contributed by atoms with Crippen LogP contribution in [0.1, 0.15) is 37.4 Å². The maximum Gasteiger partial charge on any atom is 0.338 e. The first kappa shape index (κ1) is 25.4. The lowest BCUT2D eigenvalue weighted by molar-refractivity contribution is -0.141. The van der Waals surface area contributed by atoms with Crippen molar-refractivity contribution in [3.8, 4) is 11.5 Å². The number of carbonyl (C=O) groups excluding carboxylic acids is 2. The molecule has 0 aliphatic carbocycles. The summed E-state index contributed by atoms with van der Waals surface area (Å²) in [5.41, 5.74) is 3.26. The molecule has 1 N–H and O–H groups in total. The van der Waals surface area contributed by atoms with Gasteiger partial charge in [0.25, 0.3) is 0 Å². The summed E-state index contributed by atoms with van der Waals surface area (Å²) in [7, 11) is 3.13. The molecule has 2 aliphatic heterocycles. The molecule has 9 heteroatoms. The van der Waals surface area contributed by atoms with Crippen LogP contribution in [0.3, 0.4) is 0 Å². The van der Waals surface area contributed by atoms with E-state index in [4.69, 9.17) is 19.2 Å². The normalized spacial score (nSPS) is 16.7. The van der Waals surface area contributed by atoms with Crippen molar-refractivity contribution in [3.63, 3.8) is 0 Å². The third-order valence-electron chi connectivity index (χ3n) is 5.88. The molecule has 2 aromatic carbocycles. The van der Waals surface area contributed by atoms with E-state index in [2.05, 4.69) is 5.32 Å². The molecule has 0 aromatic heterocycles. The average Bonchev–Trinajstić information content (AvgIpc) is 3.28. The molecule has 0 radical (unpaired) electrons. The Bertz CT molecular complexity index is 1240. The van der Waals surface area contributed by atoms with Crippen molar-refractivity contribution in [1.29, 1.82) is 0 Å². The van der Waals surface area contributed by atoms with Gasteiger partial charge in [-0.05, 0) is 30.9 Å². The number of allylic oxidation sites excluding steroid dienone is 1. The lowest BCUT2D eigenvalue weighted by atomic mass is 9.92. The highest BCUT2D eigenvalue weighted by atomic mass is 32.2. The minimum Gasteiger partial charge on any atom is -0.493 e. The van der Waals surface area contributed by atoms with Crippen LogP contribution in [0.25, 0.3) is 0 Å². The molecule has 36 heavy (non-hydrogen) atoms. The van der Waals surface area contributed by atoms with Crippen molar-refractivity contribution >= 4 is 28.8 Å². The van der Waals surface area contributed by atoms with Crippen molar-refractivity contribution in [2.24, 2.45) is 4.99 Å². The van der Waals surface area contributed by atoms with Crippen LogP contribution in [0.2, 0.25) is 0 Å². The number of benzene rings is 2. The first-order chi connectivity index (χ1) is 17.5. The van der Waals surface area contributed by atoms with Crippen LogP contribution in [0, 0.1) is 0 Å². The van der Waals surface area contributed by atoms with Gasteiger partial charge in [0, 0.05) is 17.8 Å². The van der Waals surface area contributed by atoms with Crippen LogP contribution in [0.4, 0.5) is 0 Å². The quantitative estimate of drug-likeness (QED) is 0.498. The molecule has 0 spiro atoms. The monoisotopic (exact) mass is 507 g/mol. The van der Waals surface area contributed by atoms with Gasteiger partial charge in [0.05, 0.1) is 38.0 Å². The van der Waals surface area contributed by atoms with Gasteiger partial charge < -0.3 is 24.4 Å². The predicted molar refractivity (Wildman–Crippen MR) is 139 cm³/mol. The number of amidine groups is 1. The fourth-order valence-corrected chi connectivity index (χ4v) is 5.24. The Morgan fingerprint density at radius 3 is 2.56 bits per heavy atom. The molecule has 1 amide bonds. The van der Waals surface area contributed by atoms with Crippen molar-refractivity contribution in [2.45, 2.75) is 32.9 Å². The SMILES string of the molecule is CCNC(=O)CC1=CSC2=NC(C)=C(C(=O)OCc3ccccc3)C(c3cccc(OC)c3OC)N12. The number of amides is 1. The Morgan fingerprint density at radius 2 is 1.86 bits per heavy atom. The van der Waals surface area contributed by atoms with Gasteiger partial charge in [0.2, 0.25) is 5.91 Å². The number of hydrogen-bond donors (Lipinski definition) is 1. The van der Waals surface area contributed by atoms with Gasteiger partial charge in [-0.2, -0.15) is 0 Å². The molecule has 2 heterocycles. The second-order valence-electron chi connectivity index (χ2n) is 8.17. The summed E-state index contributed by atoms with van der Waals surface area (Å²) in [6, 6.07) is 14.4. The van der Waals surface area contributed by atoms with Crippen molar-refractivity contribution in [2.75, 3.05) is 20.8 Å². The highest BCUT2D eigenvalue weighted by Crippen LogP contribution is 2.48. The van der Waals surface area contributed by atoms with Gasteiger partial charge in [-0.3, -0.25) is 4.79 Å². The lowest BCUT2D eigenvalue weighted by Crippen LogP contribution is -2.38. The van der Waals surface area contributed by atoms with E-state index in [1.807, 2.05) is 59.7 Å². The standard InChI is InChI=1S/C27H29N3O5S/c1-5-28-22(31)14-19-16-36-27-29-17(2)23(26(32)35-15-18-10-7-6-8-11-18)24(30(19)27)20-12-9-13-21(33-3)25(20)34-4/h6-13,16,24H,5,14-15H2,1-4H3,(H,28,31). The molecular formula is C27H29N3O5S. The second-order valence-corrected chi connectivity index (χ2v) is 9.00. The van der Waals surface area contributed by atoms with E-state index in [0.717, 1.165) is 11.3 Å². The largest absolute Gasteiger partial charge is 0.493 e. The van der Waals surface area contributed by atoms with Crippen LogP contribution in [0.5, 0.6) is 11.5 Å². The van der Waals surface area contributed by atoms with Gasteiger partial charge >= 0.3 is 5.97 Å². The third kappa shape index (κ3) is 5.11. The molecule has 0 bridgehead atoms. The molecular weight excluding hydrogens is 478 g/mol. The lowest BCUT2D eigenvalue weighted by Gasteiger charge is -2.37. The van der Waals surface area contributed by atoms with E-state index in [9.17, 15) is 9.59 Å². The number of rotatable bonds is 9. The molecule has 188 valence electrons. The number of esters is 1. The summed E-state index contributed by atoms with van der Waals surface area (Å²) >= 11 is 1.42. The highest BCUT2D eigenvalue weighted by Gasteiger charge is 2.42. The molecule has 2 aromatic rings. The number of thioether (sulfide) groups is 1. The number of methoxy groups -OCH3 is 2. The number of nitrogens with zero attached hydrogens (tertiary/aromatic N) is 2. The van der Waals surface area contributed by atoms with Crippen molar-refractivity contribution in [3.05, 3.63) is 82.0 Å². The van der Waals surface area contributed by atoms with Gasteiger partial charge in [-0.1, -0.05) is 54.2 Å². The predicted octanol–water partition coefficient (Wildman–Crippen LogP) is 4.55. The first-order valence-electron chi connectivity index (χ1n) is 11.6. The minimum atomic E-state index is -0.624. The minimum absolute atomic E-state index is 0.110. The Balaban J connectivity index is 1.77. The number of nitrogens with one attached hydrogen (secondary N) is 1. The zero-order valence-corrected chi connectivity index (χ0v) is 21.6. The number of carbonyl (C=O) groups is 2.